The third-order valence-corrected chi connectivity index (χ3v) is 5.31. The van der Waals surface area contributed by atoms with E-state index in [4.69, 9.17) is 4.74 Å². The molecule has 3 aromatic rings. The zero-order valence-electron chi connectivity index (χ0n) is 16.6. The Hall–Kier alpha value is -3.87. The van der Waals surface area contributed by atoms with Gasteiger partial charge >= 0.3 is 6.03 Å². The Labute approximate surface area is 173 Å². The van der Waals surface area contributed by atoms with Gasteiger partial charge in [-0.2, -0.15) is 0 Å². The first-order chi connectivity index (χ1) is 14.4. The van der Waals surface area contributed by atoms with Gasteiger partial charge < -0.3 is 15.4 Å². The molecule has 0 radical (unpaired) electrons. The molecule has 1 aliphatic heterocycles. The fourth-order valence-corrected chi connectivity index (χ4v) is 3.63. The van der Waals surface area contributed by atoms with Crippen molar-refractivity contribution in [2.75, 3.05) is 19.0 Å². The maximum atomic E-state index is 13.0. The molecule has 1 heterocycles. The fraction of sp³-hybridized carbons (Fsp3) is 0.174. The summed E-state index contributed by atoms with van der Waals surface area (Å²) in [4.78, 5) is 39.1. The number of methoxy groups -OCH3 is 1. The Morgan fingerprint density at radius 2 is 1.73 bits per heavy atom. The Kier molecular flexibility index (Phi) is 4.87. The first-order valence-electron chi connectivity index (χ1n) is 9.48. The summed E-state index contributed by atoms with van der Waals surface area (Å²) in [6.45, 7) is 1.25. The molecule has 1 atom stereocenters. The van der Waals surface area contributed by atoms with Gasteiger partial charge in [0.2, 0.25) is 5.91 Å². The lowest BCUT2D eigenvalue weighted by atomic mass is 9.92. The predicted octanol–water partition coefficient (Wildman–Crippen LogP) is 3.25. The molecule has 1 aliphatic rings. The van der Waals surface area contributed by atoms with Gasteiger partial charge in [0, 0.05) is 11.1 Å². The minimum Gasteiger partial charge on any atom is -0.497 e. The second-order valence-electron chi connectivity index (χ2n) is 7.25. The average Bonchev–Trinajstić information content (AvgIpc) is 2.98. The molecule has 3 aromatic carbocycles. The molecule has 0 aromatic heterocycles. The molecule has 7 heteroatoms. The lowest BCUT2D eigenvalue weighted by Crippen LogP contribution is -2.42. The molecule has 2 N–H and O–H groups in total. The molecule has 152 valence electrons. The Bertz CT molecular complexity index is 1140. The van der Waals surface area contributed by atoms with E-state index in [1.54, 1.807) is 44.4 Å². The molecule has 4 amide bonds. The summed E-state index contributed by atoms with van der Waals surface area (Å²) in [5.41, 5.74) is -0.00928. The molecule has 0 bridgehead atoms. The van der Waals surface area contributed by atoms with Crippen LogP contribution in [0.4, 0.5) is 10.5 Å². The molecule has 1 unspecified atom stereocenters. The van der Waals surface area contributed by atoms with Gasteiger partial charge in [0.25, 0.3) is 5.91 Å². The van der Waals surface area contributed by atoms with Gasteiger partial charge in [-0.3, -0.25) is 14.5 Å². The third kappa shape index (κ3) is 3.34. The minimum atomic E-state index is -1.25. The van der Waals surface area contributed by atoms with Crippen LogP contribution in [0.5, 0.6) is 5.75 Å². The topological polar surface area (TPSA) is 87.7 Å². The standard InChI is InChI=1S/C23H21N3O4/c1-23(16-10-12-17(30-2)13-11-16)21(28)26(22(29)25-23)14-20(27)24-19-9-5-7-15-6-3-4-8-18(15)19/h3-13H,14H2,1-2H3,(H,24,27)(H,25,29). The first kappa shape index (κ1) is 19.4. The number of rotatable bonds is 5. The number of fused-ring (bicyclic) bond motifs is 1. The van der Waals surface area contributed by atoms with Crippen molar-refractivity contribution in [3.05, 3.63) is 72.3 Å². The second kappa shape index (κ2) is 7.51. The SMILES string of the molecule is COc1ccc(C2(C)NC(=O)N(CC(=O)Nc3cccc4ccccc34)C2=O)cc1. The highest BCUT2D eigenvalue weighted by molar-refractivity contribution is 6.11. The summed E-state index contributed by atoms with van der Waals surface area (Å²) in [5.74, 6) is -0.287. The highest BCUT2D eigenvalue weighted by Gasteiger charge is 2.49. The van der Waals surface area contributed by atoms with Crippen LogP contribution in [-0.2, 0) is 15.1 Å². The van der Waals surface area contributed by atoms with Gasteiger partial charge in [-0.15, -0.1) is 0 Å². The highest BCUT2D eigenvalue weighted by atomic mass is 16.5. The molecule has 1 saturated heterocycles. The van der Waals surface area contributed by atoms with E-state index in [9.17, 15) is 14.4 Å². The monoisotopic (exact) mass is 403 g/mol. The van der Waals surface area contributed by atoms with E-state index in [1.165, 1.54) is 0 Å². The van der Waals surface area contributed by atoms with E-state index < -0.39 is 23.4 Å². The van der Waals surface area contributed by atoms with Crippen LogP contribution in [0.15, 0.2) is 66.7 Å². The maximum absolute atomic E-state index is 13.0. The van der Waals surface area contributed by atoms with Gasteiger partial charge in [-0.1, -0.05) is 48.5 Å². The van der Waals surface area contributed by atoms with E-state index in [0.29, 0.717) is 17.0 Å². The zero-order chi connectivity index (χ0) is 21.3. The van der Waals surface area contributed by atoms with Crippen molar-refractivity contribution in [2.45, 2.75) is 12.5 Å². The van der Waals surface area contributed by atoms with Gasteiger partial charge in [0.1, 0.15) is 17.8 Å². The lowest BCUT2D eigenvalue weighted by Gasteiger charge is -2.22. The number of imide groups is 1. The van der Waals surface area contributed by atoms with Crippen LogP contribution in [-0.4, -0.2) is 36.4 Å². The third-order valence-electron chi connectivity index (χ3n) is 5.31. The number of hydrogen-bond acceptors (Lipinski definition) is 4. The smallest absolute Gasteiger partial charge is 0.325 e. The van der Waals surface area contributed by atoms with E-state index in [2.05, 4.69) is 10.6 Å². The van der Waals surface area contributed by atoms with E-state index in [-0.39, 0.29) is 6.54 Å². The predicted molar refractivity (Wildman–Crippen MR) is 113 cm³/mol. The molecule has 0 aliphatic carbocycles. The highest BCUT2D eigenvalue weighted by Crippen LogP contribution is 2.30. The summed E-state index contributed by atoms with van der Waals surface area (Å²) in [6, 6.07) is 19.5. The number of carbonyl (C=O) groups excluding carboxylic acids is 3. The molecule has 0 spiro atoms. The number of nitrogens with zero attached hydrogens (tertiary/aromatic N) is 1. The van der Waals surface area contributed by atoms with Gasteiger partial charge in [0.15, 0.2) is 0 Å². The first-order valence-corrected chi connectivity index (χ1v) is 9.48. The van der Waals surface area contributed by atoms with Crippen molar-refractivity contribution < 1.29 is 19.1 Å². The Balaban J connectivity index is 1.52. The summed E-state index contributed by atoms with van der Waals surface area (Å²) < 4.78 is 5.14. The summed E-state index contributed by atoms with van der Waals surface area (Å²) >= 11 is 0. The number of anilines is 1. The molecular weight excluding hydrogens is 382 g/mol. The quantitative estimate of drug-likeness (QED) is 0.640. The fourth-order valence-electron chi connectivity index (χ4n) is 3.63. The minimum absolute atomic E-state index is 0.375. The van der Waals surface area contributed by atoms with Crippen LogP contribution in [0.25, 0.3) is 10.8 Å². The van der Waals surface area contributed by atoms with Crippen molar-refractivity contribution >= 4 is 34.3 Å². The number of benzene rings is 3. The van der Waals surface area contributed by atoms with Crippen LogP contribution in [0.3, 0.4) is 0 Å². The molecule has 1 fully saturated rings. The van der Waals surface area contributed by atoms with Crippen molar-refractivity contribution in [2.24, 2.45) is 0 Å². The molecular formula is C23H21N3O4. The van der Waals surface area contributed by atoms with Crippen molar-refractivity contribution in [3.8, 4) is 5.75 Å². The lowest BCUT2D eigenvalue weighted by molar-refractivity contribution is -0.133. The molecule has 4 rings (SSSR count). The average molecular weight is 403 g/mol. The van der Waals surface area contributed by atoms with Gasteiger partial charge in [-0.05, 0) is 36.1 Å². The Morgan fingerprint density at radius 3 is 2.47 bits per heavy atom. The summed E-state index contributed by atoms with van der Waals surface area (Å²) in [7, 11) is 1.55. The summed E-state index contributed by atoms with van der Waals surface area (Å²) in [5, 5.41) is 7.37. The molecule has 7 nitrogen and oxygen atoms in total. The summed E-state index contributed by atoms with van der Waals surface area (Å²) in [6.07, 6.45) is 0. The number of hydrogen-bond donors (Lipinski definition) is 2. The van der Waals surface area contributed by atoms with Crippen molar-refractivity contribution in [3.63, 3.8) is 0 Å². The molecule has 0 saturated carbocycles. The largest absolute Gasteiger partial charge is 0.497 e. The number of nitrogens with one attached hydrogen (secondary N) is 2. The van der Waals surface area contributed by atoms with Crippen molar-refractivity contribution in [1.29, 1.82) is 0 Å². The molecule has 30 heavy (non-hydrogen) atoms. The second-order valence-corrected chi connectivity index (χ2v) is 7.25. The number of urea groups is 1. The van der Waals surface area contributed by atoms with Crippen LogP contribution >= 0.6 is 0 Å². The van der Waals surface area contributed by atoms with Gasteiger partial charge in [0.05, 0.1) is 7.11 Å². The normalized spacial score (nSPS) is 18.4. The van der Waals surface area contributed by atoms with E-state index >= 15 is 0 Å². The van der Waals surface area contributed by atoms with Crippen LogP contribution in [0.1, 0.15) is 12.5 Å². The van der Waals surface area contributed by atoms with Crippen LogP contribution < -0.4 is 15.4 Å². The van der Waals surface area contributed by atoms with E-state index in [1.807, 2.05) is 36.4 Å². The Morgan fingerprint density at radius 1 is 1.03 bits per heavy atom. The number of carbonyl (C=O) groups is 3. The van der Waals surface area contributed by atoms with Crippen molar-refractivity contribution in [1.82, 2.24) is 10.2 Å². The maximum Gasteiger partial charge on any atom is 0.325 e. The number of ether oxygens (including phenoxy) is 1. The zero-order valence-corrected chi connectivity index (χ0v) is 16.6. The number of amides is 4. The van der Waals surface area contributed by atoms with Crippen LogP contribution in [0.2, 0.25) is 0 Å². The van der Waals surface area contributed by atoms with Crippen LogP contribution in [0, 0.1) is 0 Å². The van der Waals surface area contributed by atoms with E-state index in [0.717, 1.165) is 15.7 Å². The van der Waals surface area contributed by atoms with Gasteiger partial charge in [-0.25, -0.2) is 4.79 Å².